The zero-order valence-electron chi connectivity index (χ0n) is 23.1. The molecule has 9 atom stereocenters. The van der Waals surface area contributed by atoms with Gasteiger partial charge in [-0.3, -0.25) is 14.4 Å². The Hall–Kier alpha value is -2.72. The minimum Gasteiger partial charge on any atom is -0.462 e. The second kappa shape index (κ2) is 9.48. The van der Waals surface area contributed by atoms with Crippen molar-refractivity contribution in [3.63, 3.8) is 0 Å². The Labute approximate surface area is 222 Å². The van der Waals surface area contributed by atoms with Gasteiger partial charge in [-0.1, -0.05) is 25.5 Å². The maximum absolute atomic E-state index is 13.0. The predicted molar refractivity (Wildman–Crippen MR) is 132 cm³/mol. The lowest BCUT2D eigenvalue weighted by molar-refractivity contribution is -0.219. The van der Waals surface area contributed by atoms with Gasteiger partial charge in [0.1, 0.15) is 23.9 Å². The number of aliphatic hydroxyl groups is 1. The molecule has 4 rings (SSSR count). The molecule has 4 aliphatic rings. The average Bonchev–Trinajstić information content (AvgIpc) is 3.38. The standard InChI is InChI=1S/C28H38O10/c1-8-9-21(31)36-19-12-13-25(5)18(34-16(3)29)11-10-15(2)14-20-28(27(7,38-28)24(32)37-20)23(35-17(4)30)22(25)26(19,6)33/h12-14,18-20,22-23,33H,8-11H2,1-7H3. The molecule has 2 saturated heterocycles. The highest BCUT2D eigenvalue weighted by Gasteiger charge is 2.87. The third-order valence-corrected chi connectivity index (χ3v) is 8.60. The van der Waals surface area contributed by atoms with Gasteiger partial charge < -0.3 is 28.8 Å². The fraction of sp³-hybridized carbons (Fsp3) is 0.714. The summed E-state index contributed by atoms with van der Waals surface area (Å²) in [6.07, 6.45) is 2.75. The Morgan fingerprint density at radius 3 is 2.34 bits per heavy atom. The van der Waals surface area contributed by atoms with E-state index in [1.165, 1.54) is 20.8 Å². The zero-order chi connectivity index (χ0) is 28.3. The molecule has 10 heteroatoms. The summed E-state index contributed by atoms with van der Waals surface area (Å²) in [5.41, 5.74) is -4.97. The first-order valence-corrected chi connectivity index (χ1v) is 13.2. The Bertz CT molecular complexity index is 1090. The molecular formula is C28H38O10. The molecule has 2 aliphatic heterocycles. The molecule has 2 aliphatic carbocycles. The maximum atomic E-state index is 13.0. The monoisotopic (exact) mass is 534 g/mol. The molecule has 38 heavy (non-hydrogen) atoms. The second-order valence-corrected chi connectivity index (χ2v) is 11.5. The van der Waals surface area contributed by atoms with Crippen molar-refractivity contribution in [2.24, 2.45) is 11.3 Å². The normalized spacial score (nSPS) is 43.4. The number of hydrogen-bond acceptors (Lipinski definition) is 10. The van der Waals surface area contributed by atoms with Gasteiger partial charge >= 0.3 is 23.9 Å². The number of hydrogen-bond donors (Lipinski definition) is 1. The molecule has 9 unspecified atom stereocenters. The van der Waals surface area contributed by atoms with Crippen LogP contribution in [0.2, 0.25) is 0 Å². The number of ether oxygens (including phenoxy) is 5. The highest BCUT2D eigenvalue weighted by molar-refractivity contribution is 5.89. The Morgan fingerprint density at radius 2 is 1.76 bits per heavy atom. The molecule has 0 saturated carbocycles. The van der Waals surface area contributed by atoms with Crippen LogP contribution in [0.5, 0.6) is 0 Å². The van der Waals surface area contributed by atoms with Crippen LogP contribution in [0, 0.1) is 11.3 Å². The van der Waals surface area contributed by atoms with Gasteiger partial charge in [-0.05, 0) is 52.2 Å². The molecule has 1 spiro atoms. The number of carbonyl (C=O) groups excluding carboxylic acids is 4. The number of carbonyl (C=O) groups is 4. The number of fused-ring (bicyclic) bond motifs is 1. The largest absolute Gasteiger partial charge is 0.462 e. The zero-order valence-corrected chi connectivity index (χ0v) is 23.1. The lowest BCUT2D eigenvalue weighted by Gasteiger charge is -2.55. The average molecular weight is 535 g/mol. The van der Waals surface area contributed by atoms with Gasteiger partial charge in [0, 0.05) is 31.6 Å². The number of esters is 4. The topological polar surface area (TPSA) is 138 Å². The first-order chi connectivity index (χ1) is 17.6. The molecule has 10 nitrogen and oxygen atoms in total. The summed E-state index contributed by atoms with van der Waals surface area (Å²) in [6, 6.07) is 0. The second-order valence-electron chi connectivity index (χ2n) is 11.5. The third kappa shape index (κ3) is 4.25. The highest BCUT2D eigenvalue weighted by Crippen LogP contribution is 2.65. The summed E-state index contributed by atoms with van der Waals surface area (Å²) >= 11 is 0. The Balaban J connectivity index is 1.95. The van der Waals surface area contributed by atoms with Gasteiger partial charge in [0.25, 0.3) is 0 Å². The summed E-state index contributed by atoms with van der Waals surface area (Å²) in [5.74, 6) is -3.30. The van der Waals surface area contributed by atoms with Crippen molar-refractivity contribution in [1.29, 1.82) is 0 Å². The van der Waals surface area contributed by atoms with Crippen molar-refractivity contribution < 1.29 is 48.0 Å². The van der Waals surface area contributed by atoms with Crippen LogP contribution >= 0.6 is 0 Å². The molecule has 0 aromatic rings. The summed E-state index contributed by atoms with van der Waals surface area (Å²) in [6.45, 7) is 11.1. The van der Waals surface area contributed by atoms with Gasteiger partial charge in [-0.25, -0.2) is 4.79 Å². The van der Waals surface area contributed by atoms with Gasteiger partial charge in [-0.15, -0.1) is 0 Å². The quantitative estimate of drug-likeness (QED) is 0.242. The van der Waals surface area contributed by atoms with E-state index in [1.54, 1.807) is 32.1 Å². The first-order valence-electron chi connectivity index (χ1n) is 13.2. The van der Waals surface area contributed by atoms with Crippen LogP contribution < -0.4 is 0 Å². The van der Waals surface area contributed by atoms with Crippen molar-refractivity contribution in [3.05, 3.63) is 23.8 Å². The van der Waals surface area contributed by atoms with E-state index in [0.29, 0.717) is 19.3 Å². The molecule has 0 aromatic heterocycles. The summed E-state index contributed by atoms with van der Waals surface area (Å²) < 4.78 is 29.4. The molecule has 0 aromatic carbocycles. The van der Waals surface area contributed by atoms with Gasteiger partial charge in [0.05, 0.1) is 0 Å². The molecule has 1 N–H and O–H groups in total. The van der Waals surface area contributed by atoms with Gasteiger partial charge in [0.2, 0.25) is 0 Å². The van der Waals surface area contributed by atoms with Crippen molar-refractivity contribution >= 4 is 23.9 Å². The van der Waals surface area contributed by atoms with Crippen LogP contribution in [0.1, 0.15) is 74.1 Å². The molecule has 0 radical (unpaired) electrons. The SMILES string of the molecule is CCCC(=O)OC1C=CC2(C)C(OC(C)=O)CCC(C)=CC3OC(=O)C4(C)OC34C(OC(C)=O)C2C1(C)O. The first kappa shape index (κ1) is 28.3. The van der Waals surface area contributed by atoms with E-state index in [2.05, 4.69) is 0 Å². The van der Waals surface area contributed by atoms with Crippen molar-refractivity contribution in [2.75, 3.05) is 0 Å². The van der Waals surface area contributed by atoms with E-state index in [-0.39, 0.29) is 6.42 Å². The summed E-state index contributed by atoms with van der Waals surface area (Å²) in [5, 5.41) is 12.2. The van der Waals surface area contributed by atoms with E-state index in [0.717, 1.165) is 5.57 Å². The van der Waals surface area contributed by atoms with Crippen LogP contribution in [-0.2, 0) is 42.9 Å². The van der Waals surface area contributed by atoms with Crippen molar-refractivity contribution in [3.8, 4) is 0 Å². The minimum absolute atomic E-state index is 0.158. The molecule has 0 bridgehead atoms. The number of epoxide rings is 1. The van der Waals surface area contributed by atoms with E-state index in [4.69, 9.17) is 23.7 Å². The summed E-state index contributed by atoms with van der Waals surface area (Å²) in [4.78, 5) is 50.3. The maximum Gasteiger partial charge on any atom is 0.342 e. The Kier molecular flexibility index (Phi) is 7.06. The highest BCUT2D eigenvalue weighted by atomic mass is 16.7. The lowest BCUT2D eigenvalue weighted by Crippen LogP contribution is -2.67. The molecule has 2 heterocycles. The van der Waals surface area contributed by atoms with Crippen LogP contribution in [-0.4, -0.2) is 70.2 Å². The van der Waals surface area contributed by atoms with Crippen LogP contribution in [0.3, 0.4) is 0 Å². The minimum atomic E-state index is -1.83. The molecule has 210 valence electrons. The fourth-order valence-electron chi connectivity index (χ4n) is 6.69. The van der Waals surface area contributed by atoms with Gasteiger partial charge in [-0.2, -0.15) is 0 Å². The number of allylic oxidation sites excluding steroid dienone is 1. The molecule has 0 amide bonds. The van der Waals surface area contributed by atoms with Gasteiger partial charge in [0.15, 0.2) is 17.3 Å². The molecule has 2 fully saturated rings. The van der Waals surface area contributed by atoms with E-state index in [1.807, 2.05) is 13.8 Å². The van der Waals surface area contributed by atoms with Crippen LogP contribution in [0.25, 0.3) is 0 Å². The third-order valence-electron chi connectivity index (χ3n) is 8.60. The smallest absolute Gasteiger partial charge is 0.342 e. The molecular weight excluding hydrogens is 496 g/mol. The predicted octanol–water partition coefficient (Wildman–Crippen LogP) is 2.70. The number of rotatable bonds is 5. The van der Waals surface area contributed by atoms with E-state index in [9.17, 15) is 24.3 Å². The van der Waals surface area contributed by atoms with Crippen molar-refractivity contribution in [2.45, 2.75) is 115 Å². The van der Waals surface area contributed by atoms with Crippen LogP contribution in [0.15, 0.2) is 23.8 Å². The van der Waals surface area contributed by atoms with Crippen LogP contribution in [0.4, 0.5) is 0 Å². The summed E-state index contributed by atoms with van der Waals surface area (Å²) in [7, 11) is 0. The van der Waals surface area contributed by atoms with E-state index < -0.39 is 76.4 Å². The lowest BCUT2D eigenvalue weighted by atomic mass is 9.55. The fourth-order valence-corrected chi connectivity index (χ4v) is 6.69. The van der Waals surface area contributed by atoms with E-state index >= 15 is 0 Å². The van der Waals surface area contributed by atoms with Crippen molar-refractivity contribution in [1.82, 2.24) is 0 Å². The Morgan fingerprint density at radius 1 is 1.11 bits per heavy atom.